The number of benzene rings is 1. The van der Waals surface area contributed by atoms with Crippen molar-refractivity contribution in [2.24, 2.45) is 0 Å². The summed E-state index contributed by atoms with van der Waals surface area (Å²) in [5.74, 6) is 0.00127. The number of carbonyl (C=O) groups is 1. The maximum Gasteiger partial charge on any atom is 0.180 e. The molecule has 1 heterocycles. The molecule has 1 aliphatic rings. The first-order valence-electron chi connectivity index (χ1n) is 4.73. The van der Waals surface area contributed by atoms with Crippen LogP contribution < -0.4 is 5.32 Å². The number of halogens is 1. The highest BCUT2D eigenvalue weighted by molar-refractivity contribution is 6.33. The van der Waals surface area contributed by atoms with Gasteiger partial charge >= 0.3 is 0 Å². The van der Waals surface area contributed by atoms with E-state index >= 15 is 0 Å². The summed E-state index contributed by atoms with van der Waals surface area (Å²) in [5.41, 5.74) is 3.08. The number of carbonyl (C=O) groups excluding carboxylic acids is 1. The van der Waals surface area contributed by atoms with E-state index in [2.05, 4.69) is 5.32 Å². The summed E-state index contributed by atoms with van der Waals surface area (Å²) in [6, 6.07) is 5.73. The van der Waals surface area contributed by atoms with Crippen molar-refractivity contribution in [2.45, 2.75) is 18.7 Å². The van der Waals surface area contributed by atoms with Crippen molar-refractivity contribution in [1.29, 1.82) is 0 Å². The van der Waals surface area contributed by atoms with Crippen molar-refractivity contribution in [3.63, 3.8) is 0 Å². The molecule has 0 aromatic heterocycles. The molecule has 0 amide bonds. The second-order valence-electron chi connectivity index (χ2n) is 3.53. The van der Waals surface area contributed by atoms with Crippen molar-refractivity contribution in [2.75, 3.05) is 11.9 Å². The summed E-state index contributed by atoms with van der Waals surface area (Å²) >= 11 is 5.75. The molecule has 3 heteroatoms. The SMILES string of the molecule is CC(Cl)C(=O)c1ccc2c(c1)CCN2. The van der Waals surface area contributed by atoms with Crippen LogP contribution in [-0.4, -0.2) is 17.7 Å². The Hall–Kier alpha value is -1.02. The first-order valence-corrected chi connectivity index (χ1v) is 5.17. The smallest absolute Gasteiger partial charge is 0.180 e. The van der Waals surface area contributed by atoms with Gasteiger partial charge in [0.2, 0.25) is 0 Å². The van der Waals surface area contributed by atoms with Crippen molar-refractivity contribution >= 4 is 23.1 Å². The van der Waals surface area contributed by atoms with Gasteiger partial charge < -0.3 is 5.32 Å². The fourth-order valence-corrected chi connectivity index (χ4v) is 1.81. The fraction of sp³-hybridized carbons (Fsp3) is 0.364. The van der Waals surface area contributed by atoms with Gasteiger partial charge in [-0.3, -0.25) is 4.79 Å². The molecule has 1 N–H and O–H groups in total. The Kier molecular flexibility index (Phi) is 2.46. The van der Waals surface area contributed by atoms with Gasteiger partial charge in [0.15, 0.2) is 5.78 Å². The number of Topliss-reactive ketones (excluding diaryl/α,β-unsaturated/α-hetero) is 1. The molecule has 74 valence electrons. The van der Waals surface area contributed by atoms with Crippen LogP contribution in [0.4, 0.5) is 5.69 Å². The maximum atomic E-state index is 11.6. The number of ketones is 1. The van der Waals surface area contributed by atoms with E-state index in [1.807, 2.05) is 18.2 Å². The van der Waals surface area contributed by atoms with Crippen molar-refractivity contribution in [1.82, 2.24) is 0 Å². The second kappa shape index (κ2) is 3.62. The Morgan fingerprint density at radius 3 is 3.07 bits per heavy atom. The molecule has 1 aromatic carbocycles. The minimum atomic E-state index is -0.442. The van der Waals surface area contributed by atoms with Crippen molar-refractivity contribution in [3.8, 4) is 0 Å². The van der Waals surface area contributed by atoms with E-state index in [1.165, 1.54) is 5.56 Å². The normalized spacial score (nSPS) is 15.9. The summed E-state index contributed by atoms with van der Waals surface area (Å²) < 4.78 is 0. The molecular formula is C11H12ClNO. The average molecular weight is 210 g/mol. The van der Waals surface area contributed by atoms with Crippen LogP contribution in [0.25, 0.3) is 0 Å². The van der Waals surface area contributed by atoms with Gasteiger partial charge in [0.05, 0.1) is 5.38 Å². The molecule has 0 radical (unpaired) electrons. The minimum absolute atomic E-state index is 0.00127. The lowest BCUT2D eigenvalue weighted by Gasteiger charge is -2.05. The topological polar surface area (TPSA) is 29.1 Å². The number of anilines is 1. The molecule has 0 saturated carbocycles. The third-order valence-corrected chi connectivity index (χ3v) is 2.66. The van der Waals surface area contributed by atoms with E-state index in [0.717, 1.165) is 24.2 Å². The van der Waals surface area contributed by atoms with E-state index in [1.54, 1.807) is 6.92 Å². The Balaban J connectivity index is 2.33. The molecule has 2 nitrogen and oxygen atoms in total. The monoisotopic (exact) mass is 209 g/mol. The largest absolute Gasteiger partial charge is 0.384 e. The molecule has 0 saturated heterocycles. The van der Waals surface area contributed by atoms with Gasteiger partial charge in [-0.1, -0.05) is 0 Å². The number of hydrogen-bond acceptors (Lipinski definition) is 2. The van der Waals surface area contributed by atoms with Gasteiger partial charge in [-0.25, -0.2) is 0 Å². The summed E-state index contributed by atoms with van der Waals surface area (Å²) in [6.07, 6.45) is 0.993. The van der Waals surface area contributed by atoms with E-state index in [0.29, 0.717) is 0 Å². The Morgan fingerprint density at radius 1 is 1.57 bits per heavy atom. The van der Waals surface area contributed by atoms with Crippen LogP contribution in [0.1, 0.15) is 22.8 Å². The van der Waals surface area contributed by atoms with Gasteiger partial charge in [0.25, 0.3) is 0 Å². The maximum absolute atomic E-state index is 11.6. The van der Waals surface area contributed by atoms with Crippen LogP contribution in [0, 0.1) is 0 Å². The highest BCUT2D eigenvalue weighted by atomic mass is 35.5. The number of hydrogen-bond donors (Lipinski definition) is 1. The molecular weight excluding hydrogens is 198 g/mol. The summed E-state index contributed by atoms with van der Waals surface area (Å²) in [6.45, 7) is 2.67. The Bertz CT molecular complexity index is 374. The first kappa shape index (κ1) is 9.53. The lowest BCUT2D eigenvalue weighted by atomic mass is 10.0. The summed E-state index contributed by atoms with van der Waals surface area (Å²) in [4.78, 5) is 11.6. The van der Waals surface area contributed by atoms with Gasteiger partial charge in [0, 0.05) is 17.8 Å². The van der Waals surface area contributed by atoms with Crippen LogP contribution in [0.3, 0.4) is 0 Å². The quantitative estimate of drug-likeness (QED) is 0.599. The molecule has 1 aliphatic heterocycles. The summed E-state index contributed by atoms with van der Waals surface area (Å²) in [7, 11) is 0. The van der Waals surface area contributed by atoms with Crippen LogP contribution in [0.15, 0.2) is 18.2 Å². The van der Waals surface area contributed by atoms with Gasteiger partial charge in [-0.05, 0) is 37.1 Å². The number of rotatable bonds is 2. The lowest BCUT2D eigenvalue weighted by Crippen LogP contribution is -2.10. The first-order chi connectivity index (χ1) is 6.68. The van der Waals surface area contributed by atoms with Gasteiger partial charge in [-0.15, -0.1) is 11.6 Å². The van der Waals surface area contributed by atoms with Crippen LogP contribution in [0.5, 0.6) is 0 Å². The average Bonchev–Trinajstić information content (AvgIpc) is 2.62. The van der Waals surface area contributed by atoms with Crippen LogP contribution >= 0.6 is 11.6 Å². The Morgan fingerprint density at radius 2 is 2.36 bits per heavy atom. The van der Waals surface area contributed by atoms with E-state index in [4.69, 9.17) is 11.6 Å². The van der Waals surface area contributed by atoms with Gasteiger partial charge in [0.1, 0.15) is 0 Å². The molecule has 0 fully saturated rings. The highest BCUT2D eigenvalue weighted by Crippen LogP contribution is 2.23. The standard InChI is InChI=1S/C11H12ClNO/c1-7(12)11(14)9-2-3-10-8(6-9)4-5-13-10/h2-3,6-7,13H,4-5H2,1H3. The van der Waals surface area contributed by atoms with Gasteiger partial charge in [-0.2, -0.15) is 0 Å². The van der Waals surface area contributed by atoms with E-state index in [-0.39, 0.29) is 5.78 Å². The van der Waals surface area contributed by atoms with Crippen molar-refractivity contribution in [3.05, 3.63) is 29.3 Å². The molecule has 14 heavy (non-hydrogen) atoms. The Labute approximate surface area is 88.3 Å². The van der Waals surface area contributed by atoms with E-state index < -0.39 is 5.38 Å². The molecule has 1 atom stereocenters. The number of fused-ring (bicyclic) bond motifs is 1. The predicted octanol–water partition coefficient (Wildman–Crippen LogP) is 2.46. The molecule has 1 unspecified atom stereocenters. The molecule has 0 bridgehead atoms. The molecule has 1 aromatic rings. The number of nitrogens with one attached hydrogen (secondary N) is 1. The van der Waals surface area contributed by atoms with Crippen molar-refractivity contribution < 1.29 is 4.79 Å². The predicted molar refractivity (Wildman–Crippen MR) is 58.3 cm³/mol. The van der Waals surface area contributed by atoms with Crippen LogP contribution in [0.2, 0.25) is 0 Å². The van der Waals surface area contributed by atoms with E-state index in [9.17, 15) is 4.79 Å². The lowest BCUT2D eigenvalue weighted by molar-refractivity contribution is 0.0991. The molecule has 0 aliphatic carbocycles. The zero-order chi connectivity index (χ0) is 10.1. The highest BCUT2D eigenvalue weighted by Gasteiger charge is 2.16. The zero-order valence-electron chi connectivity index (χ0n) is 8.01. The minimum Gasteiger partial charge on any atom is -0.384 e. The fourth-order valence-electron chi connectivity index (χ4n) is 1.69. The number of alkyl halides is 1. The third-order valence-electron chi connectivity index (χ3n) is 2.46. The molecule has 2 rings (SSSR count). The second-order valence-corrected chi connectivity index (χ2v) is 4.18. The third kappa shape index (κ3) is 1.62. The zero-order valence-corrected chi connectivity index (χ0v) is 8.77. The van der Waals surface area contributed by atoms with Crippen LogP contribution in [-0.2, 0) is 6.42 Å². The molecule has 0 spiro atoms. The summed E-state index contributed by atoms with van der Waals surface area (Å²) in [5, 5.41) is 2.81.